The zero-order valence-electron chi connectivity index (χ0n) is 18.0. The van der Waals surface area contributed by atoms with Gasteiger partial charge in [0.1, 0.15) is 12.3 Å². The van der Waals surface area contributed by atoms with Crippen LogP contribution in [0.3, 0.4) is 0 Å². The first kappa shape index (κ1) is 21.0. The van der Waals surface area contributed by atoms with E-state index in [2.05, 4.69) is 10.3 Å². The molecule has 2 aromatic heterocycles. The number of fused-ring (bicyclic) bond motifs is 1. The zero-order chi connectivity index (χ0) is 22.8. The number of carbonyl (C=O) groups excluding carboxylic acids is 1. The average Bonchev–Trinajstić information content (AvgIpc) is 2.77. The second kappa shape index (κ2) is 8.50. The van der Waals surface area contributed by atoms with Crippen molar-refractivity contribution in [2.24, 2.45) is 0 Å². The molecule has 0 saturated carbocycles. The summed E-state index contributed by atoms with van der Waals surface area (Å²) in [5.74, 6) is -0.0464. The average molecular weight is 430 g/mol. The van der Waals surface area contributed by atoms with Gasteiger partial charge in [-0.25, -0.2) is 18.9 Å². The van der Waals surface area contributed by atoms with Crippen LogP contribution < -0.4 is 21.3 Å². The second-order valence-electron chi connectivity index (χ2n) is 7.37. The third kappa shape index (κ3) is 3.78. The van der Waals surface area contributed by atoms with Crippen molar-refractivity contribution >= 4 is 22.6 Å². The lowest BCUT2D eigenvalue weighted by atomic mass is 10.1. The number of anilines is 1. The minimum absolute atomic E-state index is 0.224. The van der Waals surface area contributed by atoms with Crippen LogP contribution in [0.4, 0.5) is 5.69 Å². The van der Waals surface area contributed by atoms with Crippen LogP contribution in [-0.2, 0) is 11.3 Å². The fraction of sp³-hybridized carbons (Fsp3) is 0.167. The van der Waals surface area contributed by atoms with Crippen molar-refractivity contribution < 1.29 is 9.53 Å². The molecule has 0 radical (unpaired) electrons. The Morgan fingerprint density at radius 2 is 1.72 bits per heavy atom. The number of carbonyl (C=O) groups is 1. The van der Waals surface area contributed by atoms with Gasteiger partial charge in [-0.15, -0.1) is 0 Å². The minimum atomic E-state index is -0.673. The van der Waals surface area contributed by atoms with Gasteiger partial charge in [0.15, 0.2) is 5.65 Å². The van der Waals surface area contributed by atoms with Crippen LogP contribution in [0.5, 0.6) is 5.75 Å². The van der Waals surface area contributed by atoms with Crippen LogP contribution in [0.15, 0.2) is 70.3 Å². The van der Waals surface area contributed by atoms with E-state index >= 15 is 0 Å². The number of methoxy groups -OCH3 is 1. The van der Waals surface area contributed by atoms with Crippen LogP contribution in [0.25, 0.3) is 16.7 Å². The van der Waals surface area contributed by atoms with Gasteiger partial charge in [-0.3, -0.25) is 9.59 Å². The summed E-state index contributed by atoms with van der Waals surface area (Å²) in [7, 11) is 1.50. The third-order valence-corrected chi connectivity index (χ3v) is 5.10. The normalized spacial score (nSPS) is 10.8. The van der Waals surface area contributed by atoms with Crippen LogP contribution in [0.1, 0.15) is 11.3 Å². The number of hydrogen-bond donors (Lipinski definition) is 1. The number of nitrogens with one attached hydrogen (secondary N) is 1. The molecule has 2 heterocycles. The molecule has 0 unspecified atom stereocenters. The Morgan fingerprint density at radius 1 is 1.03 bits per heavy atom. The topological polar surface area (TPSA) is 95.2 Å². The molecule has 162 valence electrons. The van der Waals surface area contributed by atoms with Gasteiger partial charge < -0.3 is 10.1 Å². The second-order valence-corrected chi connectivity index (χ2v) is 7.37. The van der Waals surface area contributed by atoms with Crippen molar-refractivity contribution in [2.45, 2.75) is 20.4 Å². The lowest BCUT2D eigenvalue weighted by Gasteiger charge is -2.17. The maximum absolute atomic E-state index is 13.5. The molecule has 0 bridgehead atoms. The molecular weight excluding hydrogens is 408 g/mol. The lowest BCUT2D eigenvalue weighted by Crippen LogP contribution is -2.42. The smallest absolute Gasteiger partial charge is 0.337 e. The van der Waals surface area contributed by atoms with Crippen LogP contribution in [0, 0.1) is 13.8 Å². The number of aromatic nitrogens is 3. The lowest BCUT2D eigenvalue weighted by molar-refractivity contribution is -0.116. The monoisotopic (exact) mass is 430 g/mol. The van der Waals surface area contributed by atoms with E-state index in [1.165, 1.54) is 11.7 Å². The molecule has 8 heteroatoms. The molecule has 32 heavy (non-hydrogen) atoms. The number of benzene rings is 2. The van der Waals surface area contributed by atoms with Crippen molar-refractivity contribution in [1.29, 1.82) is 0 Å². The van der Waals surface area contributed by atoms with Gasteiger partial charge in [0, 0.05) is 11.4 Å². The molecular formula is C24H22N4O4. The summed E-state index contributed by atoms with van der Waals surface area (Å²) in [6, 6.07) is 17.6. The first-order valence-corrected chi connectivity index (χ1v) is 10.0. The fourth-order valence-corrected chi connectivity index (χ4v) is 3.71. The Balaban J connectivity index is 1.96. The molecule has 0 aliphatic heterocycles. The number of rotatable bonds is 5. The minimum Gasteiger partial charge on any atom is -0.495 e. The number of para-hydroxylation sites is 3. The maximum Gasteiger partial charge on any atom is 0.337 e. The highest BCUT2D eigenvalue weighted by atomic mass is 16.5. The molecule has 0 saturated heterocycles. The molecule has 0 fully saturated rings. The SMILES string of the molecule is COc1ccccc1-n1c(=O)n(CC(=O)Nc2ccccc2)c(=O)c2c(C)cc(C)nc21. The Bertz CT molecular complexity index is 1440. The summed E-state index contributed by atoms with van der Waals surface area (Å²) >= 11 is 0. The predicted octanol–water partition coefficient (Wildman–Crippen LogP) is 2.81. The number of nitrogens with zero attached hydrogens (tertiary/aromatic N) is 3. The molecule has 4 aromatic rings. The molecule has 0 spiro atoms. The molecule has 4 rings (SSSR count). The Morgan fingerprint density at radius 3 is 2.44 bits per heavy atom. The summed E-state index contributed by atoms with van der Waals surface area (Å²) in [6.45, 7) is 3.14. The summed E-state index contributed by atoms with van der Waals surface area (Å²) < 4.78 is 7.69. The predicted molar refractivity (Wildman–Crippen MR) is 123 cm³/mol. The summed E-state index contributed by atoms with van der Waals surface area (Å²) in [4.78, 5) is 44.0. The quantitative estimate of drug-likeness (QED) is 0.525. The van der Waals surface area contributed by atoms with E-state index in [0.29, 0.717) is 28.4 Å². The van der Waals surface area contributed by atoms with E-state index < -0.39 is 23.7 Å². The van der Waals surface area contributed by atoms with Crippen molar-refractivity contribution in [2.75, 3.05) is 12.4 Å². The van der Waals surface area contributed by atoms with Gasteiger partial charge in [-0.1, -0.05) is 30.3 Å². The van der Waals surface area contributed by atoms with Crippen molar-refractivity contribution in [3.05, 3.63) is 92.8 Å². The van der Waals surface area contributed by atoms with Crippen molar-refractivity contribution in [3.8, 4) is 11.4 Å². The number of pyridine rings is 1. The Hall–Kier alpha value is -4.20. The van der Waals surface area contributed by atoms with E-state index in [1.54, 1.807) is 68.4 Å². The largest absolute Gasteiger partial charge is 0.495 e. The number of ether oxygens (including phenoxy) is 1. The number of hydrogen-bond acceptors (Lipinski definition) is 5. The van der Waals surface area contributed by atoms with Gasteiger partial charge in [0.05, 0.1) is 18.2 Å². The molecule has 0 atom stereocenters. The number of amides is 1. The van der Waals surface area contributed by atoms with Gasteiger partial charge in [-0.2, -0.15) is 0 Å². The summed E-state index contributed by atoms with van der Waals surface area (Å²) in [6.07, 6.45) is 0. The first-order valence-electron chi connectivity index (χ1n) is 10.0. The van der Waals surface area contributed by atoms with Crippen molar-refractivity contribution in [1.82, 2.24) is 14.1 Å². The first-order chi connectivity index (χ1) is 15.4. The highest BCUT2D eigenvalue weighted by Crippen LogP contribution is 2.24. The van der Waals surface area contributed by atoms with Gasteiger partial charge in [-0.05, 0) is 49.7 Å². The maximum atomic E-state index is 13.5. The fourth-order valence-electron chi connectivity index (χ4n) is 3.71. The van der Waals surface area contributed by atoms with Gasteiger partial charge in [0.2, 0.25) is 5.91 Å². The standard InChI is InChI=1S/C24H22N4O4/c1-15-13-16(2)25-22-21(15)23(30)27(14-20(29)26-17-9-5-4-6-10-17)24(31)28(22)18-11-7-8-12-19(18)32-3/h4-13H,14H2,1-3H3,(H,26,29). The van der Waals surface area contributed by atoms with Gasteiger partial charge >= 0.3 is 5.69 Å². The summed E-state index contributed by atoms with van der Waals surface area (Å²) in [5.41, 5.74) is 1.32. The van der Waals surface area contributed by atoms with E-state index in [4.69, 9.17) is 4.74 Å². The van der Waals surface area contributed by atoms with E-state index in [1.807, 2.05) is 6.07 Å². The van der Waals surface area contributed by atoms with Crippen molar-refractivity contribution in [3.63, 3.8) is 0 Å². The van der Waals surface area contributed by atoms with E-state index in [0.717, 1.165) is 4.57 Å². The van der Waals surface area contributed by atoms with Gasteiger partial charge in [0.25, 0.3) is 5.56 Å². The van der Waals surface area contributed by atoms with Crippen LogP contribution in [-0.4, -0.2) is 27.1 Å². The highest BCUT2D eigenvalue weighted by molar-refractivity contribution is 5.90. The number of aryl methyl sites for hydroxylation is 2. The Kier molecular flexibility index (Phi) is 5.59. The van der Waals surface area contributed by atoms with E-state index in [9.17, 15) is 14.4 Å². The highest BCUT2D eigenvalue weighted by Gasteiger charge is 2.21. The molecule has 1 N–H and O–H groups in total. The van der Waals surface area contributed by atoms with E-state index in [-0.39, 0.29) is 11.0 Å². The van der Waals surface area contributed by atoms with Crippen LogP contribution >= 0.6 is 0 Å². The molecule has 1 amide bonds. The summed E-state index contributed by atoms with van der Waals surface area (Å²) in [5, 5.41) is 2.98. The molecule has 0 aliphatic rings. The zero-order valence-corrected chi connectivity index (χ0v) is 18.0. The molecule has 8 nitrogen and oxygen atoms in total. The van der Waals surface area contributed by atoms with Crippen LogP contribution in [0.2, 0.25) is 0 Å². The third-order valence-electron chi connectivity index (χ3n) is 5.10. The Labute approximate surface area is 183 Å². The molecule has 2 aromatic carbocycles. The molecule has 0 aliphatic carbocycles.